The van der Waals surface area contributed by atoms with Crippen LogP contribution in [0.5, 0.6) is 11.5 Å². The summed E-state index contributed by atoms with van der Waals surface area (Å²) in [6.45, 7) is 3.99. The fourth-order valence-electron chi connectivity index (χ4n) is 3.19. The lowest BCUT2D eigenvalue weighted by molar-refractivity contribution is -0.135. The number of thiazole rings is 1. The normalized spacial score (nSPS) is 14.7. The van der Waals surface area contributed by atoms with Gasteiger partial charge in [0.05, 0.1) is 24.2 Å². The Hall–Kier alpha value is -2.42. The number of thiophene rings is 1. The van der Waals surface area contributed by atoms with Crippen molar-refractivity contribution in [2.24, 2.45) is 0 Å². The van der Waals surface area contributed by atoms with Crippen molar-refractivity contribution < 1.29 is 14.3 Å². The minimum atomic E-state index is 0.0155. The minimum absolute atomic E-state index is 0.0155. The van der Waals surface area contributed by atoms with Crippen LogP contribution in [0.1, 0.15) is 5.01 Å². The number of nitrogens with zero attached hydrogens (tertiary/aromatic N) is 3. The predicted octanol–water partition coefficient (Wildman–Crippen LogP) is 3.60. The fraction of sp³-hybridized carbons (Fsp3) is 0.333. The van der Waals surface area contributed by atoms with Gasteiger partial charge in [-0.05, 0) is 23.6 Å². The summed E-state index contributed by atoms with van der Waals surface area (Å²) in [7, 11) is 1.61. The van der Waals surface area contributed by atoms with Gasteiger partial charge in [0.15, 0.2) is 6.61 Å². The number of hydrogen-bond donors (Lipinski definition) is 0. The molecule has 1 amide bonds. The van der Waals surface area contributed by atoms with E-state index >= 15 is 0 Å². The molecule has 0 spiro atoms. The van der Waals surface area contributed by atoms with E-state index in [9.17, 15) is 4.79 Å². The van der Waals surface area contributed by atoms with Crippen LogP contribution in [0.25, 0.3) is 10.6 Å². The molecule has 2 aromatic heterocycles. The van der Waals surface area contributed by atoms with E-state index in [-0.39, 0.29) is 12.5 Å². The van der Waals surface area contributed by atoms with Crippen LogP contribution in [-0.4, -0.2) is 60.6 Å². The number of piperazine rings is 1. The second-order valence-corrected chi connectivity index (χ2v) is 8.62. The summed E-state index contributed by atoms with van der Waals surface area (Å²) in [6.07, 6.45) is 0. The van der Waals surface area contributed by atoms with Gasteiger partial charge in [-0.1, -0.05) is 12.1 Å². The van der Waals surface area contributed by atoms with E-state index in [0.717, 1.165) is 30.3 Å². The molecule has 29 heavy (non-hydrogen) atoms. The molecule has 3 heterocycles. The number of methoxy groups -OCH3 is 1. The Morgan fingerprint density at radius 2 is 1.93 bits per heavy atom. The Balaban J connectivity index is 1.23. The minimum Gasteiger partial charge on any atom is -0.497 e. The van der Waals surface area contributed by atoms with Gasteiger partial charge < -0.3 is 14.4 Å². The number of amides is 1. The van der Waals surface area contributed by atoms with Gasteiger partial charge in [0.2, 0.25) is 0 Å². The number of aromatic nitrogens is 1. The second-order valence-electron chi connectivity index (χ2n) is 6.73. The van der Waals surface area contributed by atoms with Crippen molar-refractivity contribution >= 4 is 28.6 Å². The molecule has 4 rings (SSSR count). The molecule has 0 N–H and O–H groups in total. The molecule has 1 aliphatic heterocycles. The maximum Gasteiger partial charge on any atom is 0.260 e. The first-order valence-electron chi connectivity index (χ1n) is 9.46. The number of rotatable bonds is 7. The van der Waals surface area contributed by atoms with Gasteiger partial charge in [0.25, 0.3) is 5.91 Å². The monoisotopic (exact) mass is 429 g/mol. The predicted molar refractivity (Wildman–Crippen MR) is 116 cm³/mol. The third-order valence-electron chi connectivity index (χ3n) is 4.81. The molecule has 8 heteroatoms. The topological polar surface area (TPSA) is 54.9 Å². The van der Waals surface area contributed by atoms with Gasteiger partial charge in [-0.3, -0.25) is 9.69 Å². The zero-order valence-electron chi connectivity index (χ0n) is 16.2. The van der Waals surface area contributed by atoms with Crippen LogP contribution in [0.15, 0.2) is 47.2 Å². The SMILES string of the molecule is COc1cccc(OCC(=O)N2CCN(Cc3nc(-c4cccs4)cs3)CC2)c1. The number of benzene rings is 1. The van der Waals surface area contributed by atoms with Crippen LogP contribution in [-0.2, 0) is 11.3 Å². The number of carbonyl (C=O) groups is 1. The van der Waals surface area contributed by atoms with Crippen LogP contribution in [0.3, 0.4) is 0 Å². The summed E-state index contributed by atoms with van der Waals surface area (Å²) in [5.74, 6) is 1.37. The third kappa shape index (κ3) is 5.14. The Kier molecular flexibility index (Phi) is 6.43. The highest BCUT2D eigenvalue weighted by molar-refractivity contribution is 7.14. The van der Waals surface area contributed by atoms with Crippen molar-refractivity contribution in [2.45, 2.75) is 6.54 Å². The summed E-state index contributed by atoms with van der Waals surface area (Å²) >= 11 is 3.41. The van der Waals surface area contributed by atoms with Gasteiger partial charge in [-0.15, -0.1) is 22.7 Å². The molecule has 1 aromatic carbocycles. The van der Waals surface area contributed by atoms with E-state index in [2.05, 4.69) is 21.7 Å². The molecule has 1 fully saturated rings. The van der Waals surface area contributed by atoms with Gasteiger partial charge in [0.1, 0.15) is 16.5 Å². The van der Waals surface area contributed by atoms with Crippen LogP contribution in [0, 0.1) is 0 Å². The third-order valence-corrected chi connectivity index (χ3v) is 6.54. The van der Waals surface area contributed by atoms with E-state index in [1.165, 1.54) is 4.88 Å². The van der Waals surface area contributed by atoms with Crippen LogP contribution < -0.4 is 9.47 Å². The first-order valence-corrected chi connectivity index (χ1v) is 11.2. The van der Waals surface area contributed by atoms with Crippen molar-refractivity contribution in [1.82, 2.24) is 14.8 Å². The lowest BCUT2D eigenvalue weighted by atomic mass is 10.3. The summed E-state index contributed by atoms with van der Waals surface area (Å²) in [4.78, 5) is 22.7. The number of hydrogen-bond acceptors (Lipinski definition) is 7. The Bertz CT molecular complexity index is 934. The van der Waals surface area contributed by atoms with Crippen LogP contribution in [0.2, 0.25) is 0 Å². The standard InChI is InChI=1S/C21H23N3O3S2/c1-26-16-4-2-5-17(12-16)27-14-21(25)24-9-7-23(8-10-24)13-20-22-18(15-29-20)19-6-3-11-28-19/h2-6,11-12,15H,7-10,13-14H2,1H3. The maximum atomic E-state index is 12.5. The number of ether oxygens (including phenoxy) is 2. The lowest BCUT2D eigenvalue weighted by Gasteiger charge is -2.34. The summed E-state index contributed by atoms with van der Waals surface area (Å²) in [6, 6.07) is 11.4. The van der Waals surface area contributed by atoms with Crippen LogP contribution in [0.4, 0.5) is 0 Å². The van der Waals surface area contributed by atoms with E-state index in [1.54, 1.807) is 35.8 Å². The molecule has 3 aromatic rings. The van der Waals surface area contributed by atoms with E-state index in [1.807, 2.05) is 29.2 Å². The second kappa shape index (κ2) is 9.39. The molecule has 0 atom stereocenters. The first kappa shape index (κ1) is 19.9. The summed E-state index contributed by atoms with van der Waals surface area (Å²) < 4.78 is 10.8. The molecule has 6 nitrogen and oxygen atoms in total. The zero-order chi connectivity index (χ0) is 20.1. The summed E-state index contributed by atoms with van der Waals surface area (Å²) in [5, 5.41) is 5.31. The highest BCUT2D eigenvalue weighted by atomic mass is 32.1. The highest BCUT2D eigenvalue weighted by Gasteiger charge is 2.22. The molecule has 1 saturated heterocycles. The van der Waals surface area contributed by atoms with Crippen molar-refractivity contribution in [1.29, 1.82) is 0 Å². The van der Waals surface area contributed by atoms with Crippen molar-refractivity contribution in [3.63, 3.8) is 0 Å². The molecule has 1 aliphatic rings. The lowest BCUT2D eigenvalue weighted by Crippen LogP contribution is -2.49. The van der Waals surface area contributed by atoms with E-state index in [0.29, 0.717) is 24.6 Å². The average molecular weight is 430 g/mol. The van der Waals surface area contributed by atoms with Crippen LogP contribution >= 0.6 is 22.7 Å². The molecule has 0 aliphatic carbocycles. The van der Waals surface area contributed by atoms with Gasteiger partial charge in [0, 0.05) is 37.6 Å². The van der Waals surface area contributed by atoms with Crippen molar-refractivity contribution in [2.75, 3.05) is 39.9 Å². The quantitative estimate of drug-likeness (QED) is 0.574. The van der Waals surface area contributed by atoms with Crippen molar-refractivity contribution in [3.8, 4) is 22.1 Å². The fourth-order valence-corrected chi connectivity index (χ4v) is 4.79. The van der Waals surface area contributed by atoms with Gasteiger partial charge >= 0.3 is 0 Å². The Morgan fingerprint density at radius 1 is 1.10 bits per heavy atom. The van der Waals surface area contributed by atoms with E-state index in [4.69, 9.17) is 14.5 Å². The molecular weight excluding hydrogens is 406 g/mol. The molecule has 0 saturated carbocycles. The smallest absolute Gasteiger partial charge is 0.260 e. The Labute approximate surface area is 178 Å². The largest absolute Gasteiger partial charge is 0.497 e. The molecular formula is C21H23N3O3S2. The summed E-state index contributed by atoms with van der Waals surface area (Å²) in [5.41, 5.74) is 1.06. The Morgan fingerprint density at radius 3 is 2.69 bits per heavy atom. The molecule has 0 radical (unpaired) electrons. The first-order chi connectivity index (χ1) is 14.2. The number of carbonyl (C=O) groups excluding carboxylic acids is 1. The zero-order valence-corrected chi connectivity index (χ0v) is 17.9. The molecule has 0 bridgehead atoms. The van der Waals surface area contributed by atoms with Crippen molar-refractivity contribution in [3.05, 3.63) is 52.2 Å². The molecule has 152 valence electrons. The molecule has 0 unspecified atom stereocenters. The average Bonchev–Trinajstić information content (AvgIpc) is 3.45. The van der Waals surface area contributed by atoms with E-state index < -0.39 is 0 Å². The highest BCUT2D eigenvalue weighted by Crippen LogP contribution is 2.26. The van der Waals surface area contributed by atoms with Gasteiger partial charge in [-0.25, -0.2) is 4.98 Å². The van der Waals surface area contributed by atoms with Gasteiger partial charge in [-0.2, -0.15) is 0 Å². The maximum absolute atomic E-state index is 12.5.